The van der Waals surface area contributed by atoms with E-state index in [0.717, 1.165) is 0 Å². The zero-order valence-electron chi connectivity index (χ0n) is 9.65. The van der Waals surface area contributed by atoms with Crippen LogP contribution in [0, 0.1) is 5.82 Å². The summed E-state index contributed by atoms with van der Waals surface area (Å²) in [6.07, 6.45) is 0. The first-order valence-corrected chi connectivity index (χ1v) is 5.63. The topological polar surface area (TPSA) is 94.0 Å². The summed E-state index contributed by atoms with van der Waals surface area (Å²) in [6.45, 7) is 0. The highest BCUT2D eigenvalue weighted by Gasteiger charge is 2.08. The van der Waals surface area contributed by atoms with Gasteiger partial charge in [-0.05, 0) is 30.3 Å². The highest BCUT2D eigenvalue weighted by molar-refractivity contribution is 6.31. The molecule has 1 heterocycles. The number of carbonyl (C=O) groups is 1. The van der Waals surface area contributed by atoms with Crippen molar-refractivity contribution in [3.8, 4) is 0 Å². The highest BCUT2D eigenvalue weighted by Crippen LogP contribution is 2.24. The van der Waals surface area contributed by atoms with Crippen LogP contribution in [-0.2, 0) is 0 Å². The molecule has 0 atom stereocenters. The van der Waals surface area contributed by atoms with Gasteiger partial charge in [-0.2, -0.15) is 0 Å². The van der Waals surface area contributed by atoms with Gasteiger partial charge in [0.15, 0.2) is 5.82 Å². The smallest absolute Gasteiger partial charge is 0.267 e. The van der Waals surface area contributed by atoms with Gasteiger partial charge in [-0.3, -0.25) is 4.79 Å². The fourth-order valence-corrected chi connectivity index (χ4v) is 1.60. The van der Waals surface area contributed by atoms with Crippen LogP contribution in [0.3, 0.4) is 0 Å². The lowest BCUT2D eigenvalue weighted by Gasteiger charge is -2.09. The Morgan fingerprint density at radius 1 is 1.32 bits per heavy atom. The number of halogens is 2. The predicted octanol–water partition coefficient (Wildman–Crippen LogP) is 2.30. The first-order chi connectivity index (χ1) is 8.97. The van der Waals surface area contributed by atoms with Gasteiger partial charge in [-0.1, -0.05) is 11.6 Å². The number of nitrogens with one attached hydrogen (secondary N) is 1. The van der Waals surface area contributed by atoms with E-state index in [1.807, 2.05) is 0 Å². The number of aromatic nitrogens is 1. The van der Waals surface area contributed by atoms with Crippen molar-refractivity contribution in [3.63, 3.8) is 0 Å². The summed E-state index contributed by atoms with van der Waals surface area (Å²) in [4.78, 5) is 15.0. The Labute approximate surface area is 113 Å². The highest BCUT2D eigenvalue weighted by atomic mass is 35.5. The second kappa shape index (κ2) is 5.11. The van der Waals surface area contributed by atoms with Crippen molar-refractivity contribution >= 4 is 34.7 Å². The van der Waals surface area contributed by atoms with Crippen LogP contribution < -0.4 is 16.8 Å². The Balaban J connectivity index is 2.34. The van der Waals surface area contributed by atoms with Gasteiger partial charge in [0.1, 0.15) is 11.5 Å². The Hall–Kier alpha value is -2.34. The molecule has 1 aromatic carbocycles. The molecule has 0 aliphatic rings. The molecule has 0 aliphatic heterocycles. The number of nitrogens with zero attached hydrogens (tertiary/aromatic N) is 1. The van der Waals surface area contributed by atoms with Crippen molar-refractivity contribution in [1.82, 2.24) is 4.98 Å². The van der Waals surface area contributed by atoms with Crippen molar-refractivity contribution in [2.75, 3.05) is 11.1 Å². The number of hydrogen-bond donors (Lipinski definition) is 3. The van der Waals surface area contributed by atoms with Crippen molar-refractivity contribution in [1.29, 1.82) is 0 Å². The third-order valence-electron chi connectivity index (χ3n) is 2.36. The number of anilines is 3. The normalized spacial score (nSPS) is 10.2. The largest absolute Gasteiger partial charge is 0.396 e. The Kier molecular flexibility index (Phi) is 3.52. The number of amides is 1. The standard InChI is InChI=1S/C12H10ClFN4O/c13-7-5-6(1-2-8(7)14)17-12-9(15)3-4-10(18-12)11(16)19/h1-5H,15H2,(H2,16,19)(H,17,18). The van der Waals surface area contributed by atoms with Gasteiger partial charge in [-0.25, -0.2) is 9.37 Å². The maximum Gasteiger partial charge on any atom is 0.267 e. The molecule has 2 aromatic rings. The van der Waals surface area contributed by atoms with Crippen molar-refractivity contribution in [3.05, 3.63) is 46.9 Å². The van der Waals surface area contributed by atoms with Crippen LogP contribution in [0.2, 0.25) is 5.02 Å². The van der Waals surface area contributed by atoms with Gasteiger partial charge in [0, 0.05) is 5.69 Å². The van der Waals surface area contributed by atoms with E-state index >= 15 is 0 Å². The van der Waals surface area contributed by atoms with Crippen LogP contribution >= 0.6 is 11.6 Å². The summed E-state index contributed by atoms with van der Waals surface area (Å²) < 4.78 is 13.0. The van der Waals surface area contributed by atoms with E-state index in [2.05, 4.69) is 10.3 Å². The maximum absolute atomic E-state index is 13.0. The molecule has 0 spiro atoms. The van der Waals surface area contributed by atoms with E-state index in [4.69, 9.17) is 23.1 Å². The summed E-state index contributed by atoms with van der Waals surface area (Å²) in [5.41, 5.74) is 11.7. The van der Waals surface area contributed by atoms with E-state index < -0.39 is 11.7 Å². The number of hydrogen-bond acceptors (Lipinski definition) is 4. The third-order valence-corrected chi connectivity index (χ3v) is 2.65. The molecule has 19 heavy (non-hydrogen) atoms. The number of benzene rings is 1. The number of nitrogen functional groups attached to an aromatic ring is 1. The minimum Gasteiger partial charge on any atom is -0.396 e. The number of pyridine rings is 1. The zero-order chi connectivity index (χ0) is 14.0. The Morgan fingerprint density at radius 2 is 2.05 bits per heavy atom. The first-order valence-electron chi connectivity index (χ1n) is 5.26. The quantitative estimate of drug-likeness (QED) is 0.804. The van der Waals surface area contributed by atoms with Gasteiger partial charge in [0.2, 0.25) is 0 Å². The third kappa shape index (κ3) is 2.92. The second-order valence-electron chi connectivity index (χ2n) is 3.75. The molecule has 0 saturated heterocycles. The molecule has 0 radical (unpaired) electrons. The first kappa shape index (κ1) is 13.1. The maximum atomic E-state index is 13.0. The molecule has 0 aliphatic carbocycles. The molecule has 0 fully saturated rings. The molecule has 5 nitrogen and oxygen atoms in total. The number of carbonyl (C=O) groups excluding carboxylic acids is 1. The molecular weight excluding hydrogens is 271 g/mol. The van der Waals surface area contributed by atoms with Gasteiger partial charge < -0.3 is 16.8 Å². The van der Waals surface area contributed by atoms with Gasteiger partial charge in [0.25, 0.3) is 5.91 Å². The van der Waals surface area contributed by atoms with Crippen molar-refractivity contribution in [2.24, 2.45) is 5.73 Å². The SMILES string of the molecule is NC(=O)c1ccc(N)c(Nc2ccc(F)c(Cl)c2)n1. The number of rotatable bonds is 3. The summed E-state index contributed by atoms with van der Waals surface area (Å²) >= 11 is 5.66. The Morgan fingerprint density at radius 3 is 2.68 bits per heavy atom. The molecule has 98 valence electrons. The van der Waals surface area contributed by atoms with Crippen molar-refractivity contribution in [2.45, 2.75) is 0 Å². The Bertz CT molecular complexity index is 648. The van der Waals surface area contributed by atoms with E-state index in [9.17, 15) is 9.18 Å². The van der Waals surface area contributed by atoms with Crippen LogP contribution in [0.1, 0.15) is 10.5 Å². The summed E-state index contributed by atoms with van der Waals surface area (Å²) in [7, 11) is 0. The average molecular weight is 281 g/mol. The lowest BCUT2D eigenvalue weighted by molar-refractivity contribution is 0.0996. The summed E-state index contributed by atoms with van der Waals surface area (Å²) in [5.74, 6) is -0.946. The number of nitrogens with two attached hydrogens (primary N) is 2. The van der Waals surface area contributed by atoms with Gasteiger partial charge in [-0.15, -0.1) is 0 Å². The fraction of sp³-hybridized carbons (Fsp3) is 0. The predicted molar refractivity (Wildman–Crippen MR) is 71.9 cm³/mol. The van der Waals surface area contributed by atoms with Crippen LogP contribution in [0.5, 0.6) is 0 Å². The monoisotopic (exact) mass is 280 g/mol. The van der Waals surface area contributed by atoms with E-state index in [0.29, 0.717) is 11.4 Å². The lowest BCUT2D eigenvalue weighted by Crippen LogP contribution is -2.14. The lowest BCUT2D eigenvalue weighted by atomic mass is 10.2. The van der Waals surface area contributed by atoms with E-state index in [1.165, 1.54) is 30.3 Å². The molecule has 1 amide bonds. The fourth-order valence-electron chi connectivity index (χ4n) is 1.42. The minimum atomic E-state index is -0.666. The van der Waals surface area contributed by atoms with E-state index in [-0.39, 0.29) is 16.5 Å². The summed E-state index contributed by atoms with van der Waals surface area (Å²) in [6, 6.07) is 6.98. The molecule has 0 saturated carbocycles. The minimum absolute atomic E-state index is 0.0328. The van der Waals surface area contributed by atoms with E-state index in [1.54, 1.807) is 0 Å². The number of primary amides is 1. The second-order valence-corrected chi connectivity index (χ2v) is 4.16. The van der Waals surface area contributed by atoms with Gasteiger partial charge in [0.05, 0.1) is 10.7 Å². The van der Waals surface area contributed by atoms with Crippen LogP contribution in [0.25, 0.3) is 0 Å². The average Bonchev–Trinajstić information content (AvgIpc) is 2.36. The molecule has 1 aromatic heterocycles. The molecule has 5 N–H and O–H groups in total. The molecule has 7 heteroatoms. The molecular formula is C12H10ClFN4O. The van der Waals surface area contributed by atoms with Crippen LogP contribution in [-0.4, -0.2) is 10.9 Å². The zero-order valence-corrected chi connectivity index (χ0v) is 10.4. The van der Waals surface area contributed by atoms with Crippen LogP contribution in [0.15, 0.2) is 30.3 Å². The molecule has 2 rings (SSSR count). The van der Waals surface area contributed by atoms with Crippen LogP contribution in [0.4, 0.5) is 21.6 Å². The molecule has 0 unspecified atom stereocenters. The van der Waals surface area contributed by atoms with Gasteiger partial charge >= 0.3 is 0 Å². The summed E-state index contributed by atoms with van der Waals surface area (Å²) in [5, 5.41) is 2.81. The van der Waals surface area contributed by atoms with Crippen molar-refractivity contribution < 1.29 is 9.18 Å². The molecule has 0 bridgehead atoms.